The second-order valence-electron chi connectivity index (χ2n) is 3.49. The van der Waals surface area contributed by atoms with Crippen molar-refractivity contribution in [3.05, 3.63) is 0 Å². The lowest BCUT2D eigenvalue weighted by Gasteiger charge is -2.26. The summed E-state index contributed by atoms with van der Waals surface area (Å²) in [6, 6.07) is 0. The molecule has 4 nitrogen and oxygen atoms in total. The highest BCUT2D eigenvalue weighted by Gasteiger charge is 2.29. The van der Waals surface area contributed by atoms with Gasteiger partial charge in [-0.1, -0.05) is 0 Å². The van der Waals surface area contributed by atoms with Gasteiger partial charge in [0.15, 0.2) is 0 Å². The SMILES string of the molecule is O=C1CN(CC2CC2)C(=O)CN1. The van der Waals surface area contributed by atoms with Crippen LogP contribution in [0.25, 0.3) is 0 Å². The number of amides is 2. The molecule has 0 aromatic heterocycles. The average molecular weight is 168 g/mol. The Morgan fingerprint density at radius 2 is 2.17 bits per heavy atom. The first-order valence-corrected chi connectivity index (χ1v) is 4.30. The summed E-state index contributed by atoms with van der Waals surface area (Å²) in [5.74, 6) is 0.691. The van der Waals surface area contributed by atoms with Crippen LogP contribution in [0.4, 0.5) is 0 Å². The largest absolute Gasteiger partial charge is 0.345 e. The van der Waals surface area contributed by atoms with Crippen molar-refractivity contribution < 1.29 is 9.59 Å². The molecule has 0 bridgehead atoms. The first-order chi connectivity index (χ1) is 5.75. The molecular formula is C8H12N2O2. The van der Waals surface area contributed by atoms with E-state index in [9.17, 15) is 9.59 Å². The third-order valence-electron chi connectivity index (χ3n) is 2.30. The van der Waals surface area contributed by atoms with Gasteiger partial charge in [-0.05, 0) is 18.8 Å². The average Bonchev–Trinajstić information content (AvgIpc) is 2.81. The molecule has 0 spiro atoms. The van der Waals surface area contributed by atoms with E-state index in [1.54, 1.807) is 4.90 Å². The van der Waals surface area contributed by atoms with Crippen LogP contribution in [0, 0.1) is 5.92 Å². The van der Waals surface area contributed by atoms with Crippen molar-refractivity contribution in [1.29, 1.82) is 0 Å². The van der Waals surface area contributed by atoms with E-state index in [0.717, 1.165) is 6.54 Å². The number of nitrogens with one attached hydrogen (secondary N) is 1. The summed E-state index contributed by atoms with van der Waals surface area (Å²) in [7, 11) is 0. The number of piperazine rings is 1. The number of carbonyl (C=O) groups is 2. The highest BCUT2D eigenvalue weighted by atomic mass is 16.2. The third-order valence-corrected chi connectivity index (χ3v) is 2.30. The second kappa shape index (κ2) is 2.77. The van der Waals surface area contributed by atoms with E-state index in [1.165, 1.54) is 12.8 Å². The summed E-state index contributed by atoms with van der Waals surface area (Å²) in [4.78, 5) is 23.8. The summed E-state index contributed by atoms with van der Waals surface area (Å²) in [5, 5.41) is 2.53. The number of carbonyl (C=O) groups excluding carboxylic acids is 2. The van der Waals surface area contributed by atoms with E-state index in [2.05, 4.69) is 5.32 Å². The quantitative estimate of drug-likeness (QED) is 0.596. The van der Waals surface area contributed by atoms with E-state index in [-0.39, 0.29) is 24.9 Å². The highest BCUT2D eigenvalue weighted by molar-refractivity contribution is 5.92. The molecule has 0 aromatic carbocycles. The van der Waals surface area contributed by atoms with Gasteiger partial charge in [-0.25, -0.2) is 0 Å². The predicted octanol–water partition coefficient (Wildman–Crippen LogP) is -0.645. The molecule has 66 valence electrons. The fourth-order valence-corrected chi connectivity index (χ4v) is 1.38. The van der Waals surface area contributed by atoms with Crippen LogP contribution in [-0.4, -0.2) is 36.3 Å². The maximum absolute atomic E-state index is 11.2. The lowest BCUT2D eigenvalue weighted by molar-refractivity contribution is -0.140. The van der Waals surface area contributed by atoms with Crippen molar-refractivity contribution in [2.24, 2.45) is 5.92 Å². The molecule has 1 saturated heterocycles. The van der Waals surface area contributed by atoms with Gasteiger partial charge in [0, 0.05) is 6.54 Å². The summed E-state index contributed by atoms with van der Waals surface area (Å²) >= 11 is 0. The Balaban J connectivity index is 1.91. The molecule has 2 amide bonds. The van der Waals surface area contributed by atoms with Gasteiger partial charge >= 0.3 is 0 Å². The third kappa shape index (κ3) is 1.57. The predicted molar refractivity (Wildman–Crippen MR) is 42.3 cm³/mol. The van der Waals surface area contributed by atoms with Crippen LogP contribution in [0.15, 0.2) is 0 Å². The van der Waals surface area contributed by atoms with Gasteiger partial charge in [-0.2, -0.15) is 0 Å². The van der Waals surface area contributed by atoms with Crippen LogP contribution in [-0.2, 0) is 9.59 Å². The van der Waals surface area contributed by atoms with E-state index < -0.39 is 0 Å². The zero-order valence-electron chi connectivity index (χ0n) is 6.88. The molecule has 1 aliphatic carbocycles. The molecule has 1 aliphatic heterocycles. The van der Waals surface area contributed by atoms with Crippen LogP contribution in [0.1, 0.15) is 12.8 Å². The molecule has 2 aliphatic rings. The minimum absolute atomic E-state index is 0.0322. The molecule has 2 fully saturated rings. The summed E-state index contributed by atoms with van der Waals surface area (Å²) < 4.78 is 0. The molecule has 0 radical (unpaired) electrons. The number of hydrogen-bond acceptors (Lipinski definition) is 2. The van der Waals surface area contributed by atoms with Gasteiger partial charge in [0.2, 0.25) is 11.8 Å². The Bertz CT molecular complexity index is 223. The molecule has 1 saturated carbocycles. The lowest BCUT2D eigenvalue weighted by Crippen LogP contribution is -2.52. The second-order valence-corrected chi connectivity index (χ2v) is 3.49. The molecule has 4 heteroatoms. The smallest absolute Gasteiger partial charge is 0.242 e. The fraction of sp³-hybridized carbons (Fsp3) is 0.750. The number of nitrogens with zero attached hydrogens (tertiary/aromatic N) is 1. The van der Waals surface area contributed by atoms with Gasteiger partial charge in [0.1, 0.15) is 0 Å². The number of rotatable bonds is 2. The van der Waals surface area contributed by atoms with Crippen molar-refractivity contribution >= 4 is 11.8 Å². The number of hydrogen-bond donors (Lipinski definition) is 1. The van der Waals surface area contributed by atoms with Crippen molar-refractivity contribution in [2.45, 2.75) is 12.8 Å². The zero-order valence-corrected chi connectivity index (χ0v) is 6.88. The first kappa shape index (κ1) is 7.58. The highest BCUT2D eigenvalue weighted by Crippen LogP contribution is 2.29. The Morgan fingerprint density at radius 3 is 2.83 bits per heavy atom. The molecule has 12 heavy (non-hydrogen) atoms. The first-order valence-electron chi connectivity index (χ1n) is 4.30. The van der Waals surface area contributed by atoms with Gasteiger partial charge in [-0.3, -0.25) is 9.59 Å². The van der Waals surface area contributed by atoms with E-state index >= 15 is 0 Å². The van der Waals surface area contributed by atoms with Crippen molar-refractivity contribution in [1.82, 2.24) is 10.2 Å². The van der Waals surface area contributed by atoms with Crippen LogP contribution < -0.4 is 5.32 Å². The van der Waals surface area contributed by atoms with Crippen LogP contribution in [0.3, 0.4) is 0 Å². The van der Waals surface area contributed by atoms with Crippen LogP contribution in [0.5, 0.6) is 0 Å². The minimum atomic E-state index is -0.0322. The lowest BCUT2D eigenvalue weighted by atomic mass is 10.3. The van der Waals surface area contributed by atoms with Gasteiger partial charge in [-0.15, -0.1) is 0 Å². The molecule has 0 atom stereocenters. The van der Waals surface area contributed by atoms with Crippen LogP contribution in [0.2, 0.25) is 0 Å². The van der Waals surface area contributed by atoms with E-state index in [4.69, 9.17) is 0 Å². The van der Waals surface area contributed by atoms with Crippen molar-refractivity contribution in [3.63, 3.8) is 0 Å². The van der Waals surface area contributed by atoms with E-state index in [1.807, 2.05) is 0 Å². The van der Waals surface area contributed by atoms with Gasteiger partial charge in [0.05, 0.1) is 13.1 Å². The molecule has 0 unspecified atom stereocenters. The Morgan fingerprint density at radius 1 is 1.42 bits per heavy atom. The monoisotopic (exact) mass is 168 g/mol. The summed E-state index contributed by atoms with van der Waals surface area (Å²) in [5.41, 5.74) is 0. The Hall–Kier alpha value is -1.06. The fourth-order valence-electron chi connectivity index (χ4n) is 1.38. The molecule has 1 heterocycles. The maximum Gasteiger partial charge on any atom is 0.242 e. The Labute approximate surface area is 70.9 Å². The normalized spacial score (nSPS) is 24.2. The van der Waals surface area contributed by atoms with Crippen molar-refractivity contribution in [2.75, 3.05) is 19.6 Å². The molecular weight excluding hydrogens is 156 g/mol. The van der Waals surface area contributed by atoms with E-state index in [0.29, 0.717) is 5.92 Å². The van der Waals surface area contributed by atoms with Crippen molar-refractivity contribution in [3.8, 4) is 0 Å². The van der Waals surface area contributed by atoms with Crippen LogP contribution >= 0.6 is 0 Å². The molecule has 1 N–H and O–H groups in total. The topological polar surface area (TPSA) is 49.4 Å². The van der Waals surface area contributed by atoms with Gasteiger partial charge < -0.3 is 10.2 Å². The minimum Gasteiger partial charge on any atom is -0.345 e. The Kier molecular flexibility index (Phi) is 1.75. The van der Waals surface area contributed by atoms with Gasteiger partial charge in [0.25, 0.3) is 0 Å². The zero-order chi connectivity index (χ0) is 8.55. The molecule has 2 rings (SSSR count). The molecule has 0 aromatic rings. The summed E-state index contributed by atoms with van der Waals surface area (Å²) in [6.07, 6.45) is 2.43. The summed E-state index contributed by atoms with van der Waals surface area (Å²) in [6.45, 7) is 1.23. The maximum atomic E-state index is 11.2. The standard InChI is InChI=1S/C8H12N2O2/c11-7-5-10(4-6-1-2-6)8(12)3-9-7/h6H,1-5H2,(H,9,11).